The molecule has 3 aromatic rings. The van der Waals surface area contributed by atoms with Crippen LogP contribution in [0.15, 0.2) is 54.6 Å². The van der Waals surface area contributed by atoms with Crippen molar-refractivity contribution >= 4 is 28.3 Å². The van der Waals surface area contributed by atoms with Crippen LogP contribution in [0.3, 0.4) is 0 Å². The summed E-state index contributed by atoms with van der Waals surface area (Å²) < 4.78 is 13.8. The molecule has 0 saturated heterocycles. The molecule has 0 aromatic heterocycles. The van der Waals surface area contributed by atoms with Gasteiger partial charge < -0.3 is 15.5 Å². The number of aromatic hydroxyl groups is 1. The number of hydrogen-bond acceptors (Lipinski definition) is 3. The Morgan fingerprint density at radius 3 is 2.58 bits per heavy atom. The molecule has 132 valence electrons. The topological polar surface area (TPSA) is 86.6 Å². The van der Waals surface area contributed by atoms with Gasteiger partial charge in [0.1, 0.15) is 0 Å². The Morgan fingerprint density at radius 1 is 1.04 bits per heavy atom. The monoisotopic (exact) mass is 353 g/mol. The molecule has 3 N–H and O–H groups in total. The second kappa shape index (κ2) is 7.23. The number of aryl methyl sites for hydroxylation is 1. The van der Waals surface area contributed by atoms with Crippen molar-refractivity contribution in [3.05, 3.63) is 71.5 Å². The number of halogens is 1. The third-order valence-corrected chi connectivity index (χ3v) is 4.07. The maximum Gasteiger partial charge on any atom is 0.337 e. The van der Waals surface area contributed by atoms with E-state index in [-0.39, 0.29) is 23.6 Å². The summed E-state index contributed by atoms with van der Waals surface area (Å²) in [6.07, 6.45) is 0.569. The van der Waals surface area contributed by atoms with Crippen LogP contribution in [0.1, 0.15) is 22.3 Å². The number of phenolic OH excluding ortho intramolecular Hbond substituents is 1. The lowest BCUT2D eigenvalue weighted by Crippen LogP contribution is -2.15. The molecule has 0 atom stereocenters. The molecular formula is C20H16FNO4. The number of phenols is 1. The van der Waals surface area contributed by atoms with Gasteiger partial charge >= 0.3 is 5.97 Å². The molecule has 0 bridgehead atoms. The SMILES string of the molecule is O=C(CCc1ccc2c(F)c(O)ccc2c1)Nc1ccccc1C(=O)O. The van der Waals surface area contributed by atoms with Crippen LogP contribution in [0.25, 0.3) is 10.8 Å². The van der Waals surface area contributed by atoms with E-state index in [1.807, 2.05) is 0 Å². The molecule has 0 fully saturated rings. The van der Waals surface area contributed by atoms with Crippen molar-refractivity contribution in [2.45, 2.75) is 12.8 Å². The van der Waals surface area contributed by atoms with E-state index in [0.29, 0.717) is 17.2 Å². The minimum absolute atomic E-state index is 0.0295. The van der Waals surface area contributed by atoms with Gasteiger partial charge in [-0.2, -0.15) is 0 Å². The normalized spacial score (nSPS) is 10.7. The van der Waals surface area contributed by atoms with Crippen molar-refractivity contribution in [1.29, 1.82) is 0 Å². The van der Waals surface area contributed by atoms with Crippen LogP contribution >= 0.6 is 0 Å². The number of carboxylic acid groups (broad SMARTS) is 1. The number of amides is 1. The van der Waals surface area contributed by atoms with Gasteiger partial charge in [0.2, 0.25) is 5.91 Å². The molecule has 5 nitrogen and oxygen atoms in total. The molecule has 0 aliphatic heterocycles. The first-order valence-corrected chi connectivity index (χ1v) is 7.98. The molecule has 0 heterocycles. The molecule has 3 rings (SSSR count). The fraction of sp³-hybridized carbons (Fsp3) is 0.100. The number of para-hydroxylation sites is 1. The Labute approximate surface area is 148 Å². The predicted octanol–water partition coefficient (Wildman–Crippen LogP) is 3.95. The lowest BCUT2D eigenvalue weighted by Gasteiger charge is -2.09. The number of fused-ring (bicyclic) bond motifs is 1. The molecule has 0 aliphatic rings. The van der Waals surface area contributed by atoms with Crippen LogP contribution in [0.5, 0.6) is 5.75 Å². The quantitative estimate of drug-likeness (QED) is 0.648. The van der Waals surface area contributed by atoms with E-state index in [9.17, 15) is 19.1 Å². The van der Waals surface area contributed by atoms with Crippen molar-refractivity contribution in [3.63, 3.8) is 0 Å². The van der Waals surface area contributed by atoms with Crippen LogP contribution < -0.4 is 5.32 Å². The zero-order chi connectivity index (χ0) is 18.7. The van der Waals surface area contributed by atoms with Gasteiger partial charge in [0.15, 0.2) is 11.6 Å². The van der Waals surface area contributed by atoms with E-state index in [4.69, 9.17) is 5.11 Å². The molecule has 0 spiro atoms. The van der Waals surface area contributed by atoms with Crippen molar-refractivity contribution in [3.8, 4) is 5.75 Å². The van der Waals surface area contributed by atoms with Crippen molar-refractivity contribution in [2.24, 2.45) is 0 Å². The summed E-state index contributed by atoms with van der Waals surface area (Å²) in [4.78, 5) is 23.3. The molecule has 0 aliphatic carbocycles. The summed E-state index contributed by atoms with van der Waals surface area (Å²) in [5, 5.41) is 22.1. The molecule has 0 saturated carbocycles. The summed E-state index contributed by atoms with van der Waals surface area (Å²) in [6, 6.07) is 14.1. The fourth-order valence-electron chi connectivity index (χ4n) is 2.73. The Morgan fingerprint density at radius 2 is 1.81 bits per heavy atom. The van der Waals surface area contributed by atoms with Crippen LogP contribution in [0.2, 0.25) is 0 Å². The molecule has 0 unspecified atom stereocenters. The highest BCUT2D eigenvalue weighted by atomic mass is 19.1. The third kappa shape index (κ3) is 3.64. The Hall–Kier alpha value is -3.41. The summed E-state index contributed by atoms with van der Waals surface area (Å²) >= 11 is 0. The van der Waals surface area contributed by atoms with Gasteiger partial charge in [-0.1, -0.05) is 36.4 Å². The average molecular weight is 353 g/mol. The van der Waals surface area contributed by atoms with Gasteiger partial charge in [-0.3, -0.25) is 4.79 Å². The number of rotatable bonds is 5. The van der Waals surface area contributed by atoms with E-state index < -0.39 is 17.5 Å². The Balaban J connectivity index is 1.69. The number of carboxylic acids is 1. The van der Waals surface area contributed by atoms with Crippen LogP contribution in [0.4, 0.5) is 10.1 Å². The second-order valence-corrected chi connectivity index (χ2v) is 5.85. The highest BCUT2D eigenvalue weighted by molar-refractivity contribution is 6.00. The first-order valence-electron chi connectivity index (χ1n) is 7.98. The first kappa shape index (κ1) is 17.4. The standard InChI is InChI=1S/C20H16FNO4/c21-19-14-8-5-12(11-13(14)7-9-17(19)23)6-10-18(24)22-16-4-2-1-3-15(16)20(25)26/h1-5,7-9,11,23H,6,10H2,(H,22,24)(H,25,26). The first-order chi connectivity index (χ1) is 12.5. The Kier molecular flexibility index (Phi) is 4.84. The zero-order valence-corrected chi connectivity index (χ0v) is 13.7. The number of nitrogens with one attached hydrogen (secondary N) is 1. The number of benzene rings is 3. The predicted molar refractivity (Wildman–Crippen MR) is 95.9 cm³/mol. The van der Waals surface area contributed by atoms with Crippen molar-refractivity contribution in [1.82, 2.24) is 0 Å². The number of aromatic carboxylic acids is 1. The molecule has 6 heteroatoms. The van der Waals surface area contributed by atoms with E-state index in [1.54, 1.807) is 36.4 Å². The minimum atomic E-state index is -1.11. The zero-order valence-electron chi connectivity index (χ0n) is 13.7. The molecule has 0 radical (unpaired) electrons. The van der Waals surface area contributed by atoms with Crippen LogP contribution in [0, 0.1) is 5.82 Å². The van der Waals surface area contributed by atoms with E-state index in [2.05, 4.69) is 5.32 Å². The van der Waals surface area contributed by atoms with Gasteiger partial charge in [-0.15, -0.1) is 0 Å². The molecular weight excluding hydrogens is 337 g/mol. The summed E-state index contributed by atoms with van der Waals surface area (Å²) in [5.41, 5.74) is 1.12. The van der Waals surface area contributed by atoms with Gasteiger partial charge in [0, 0.05) is 11.8 Å². The average Bonchev–Trinajstić information content (AvgIpc) is 2.63. The summed E-state index contributed by atoms with van der Waals surface area (Å²) in [7, 11) is 0. The number of carbonyl (C=O) groups excluding carboxylic acids is 1. The van der Waals surface area contributed by atoms with Crippen molar-refractivity contribution < 1.29 is 24.2 Å². The highest BCUT2D eigenvalue weighted by Crippen LogP contribution is 2.26. The van der Waals surface area contributed by atoms with E-state index >= 15 is 0 Å². The summed E-state index contributed by atoms with van der Waals surface area (Å²) in [5.74, 6) is -2.49. The molecule has 3 aromatic carbocycles. The number of anilines is 1. The highest BCUT2D eigenvalue weighted by Gasteiger charge is 2.12. The van der Waals surface area contributed by atoms with Crippen LogP contribution in [-0.2, 0) is 11.2 Å². The van der Waals surface area contributed by atoms with Gasteiger partial charge in [-0.05, 0) is 35.6 Å². The maximum absolute atomic E-state index is 13.8. The molecule has 1 amide bonds. The largest absolute Gasteiger partial charge is 0.505 e. The fourth-order valence-corrected chi connectivity index (χ4v) is 2.73. The Bertz CT molecular complexity index is 1000. The van der Waals surface area contributed by atoms with Gasteiger partial charge in [0.05, 0.1) is 11.3 Å². The second-order valence-electron chi connectivity index (χ2n) is 5.85. The van der Waals surface area contributed by atoms with E-state index in [1.165, 1.54) is 18.2 Å². The third-order valence-electron chi connectivity index (χ3n) is 4.07. The van der Waals surface area contributed by atoms with Gasteiger partial charge in [-0.25, -0.2) is 9.18 Å². The number of carbonyl (C=O) groups is 2. The summed E-state index contributed by atoms with van der Waals surface area (Å²) in [6.45, 7) is 0. The lowest BCUT2D eigenvalue weighted by molar-refractivity contribution is -0.116. The molecule has 26 heavy (non-hydrogen) atoms. The van der Waals surface area contributed by atoms with E-state index in [0.717, 1.165) is 5.56 Å². The number of hydrogen-bond donors (Lipinski definition) is 3. The minimum Gasteiger partial charge on any atom is -0.505 e. The van der Waals surface area contributed by atoms with Gasteiger partial charge in [0.25, 0.3) is 0 Å². The van der Waals surface area contributed by atoms with Crippen LogP contribution in [-0.4, -0.2) is 22.1 Å². The van der Waals surface area contributed by atoms with Crippen molar-refractivity contribution in [2.75, 3.05) is 5.32 Å². The smallest absolute Gasteiger partial charge is 0.337 e. The maximum atomic E-state index is 13.8. The lowest BCUT2D eigenvalue weighted by atomic mass is 10.0.